The van der Waals surface area contributed by atoms with Crippen LogP contribution in [0.1, 0.15) is 0 Å². The third-order valence-corrected chi connectivity index (χ3v) is 0.398. The smallest absolute Gasteiger partial charge is 0.0262 e. The van der Waals surface area contributed by atoms with Gasteiger partial charge in [-0.1, -0.05) is 10.4 Å². The molecule has 0 aliphatic heterocycles. The van der Waals surface area contributed by atoms with Crippen molar-refractivity contribution in [3.05, 3.63) is 0 Å². The maximum atomic E-state index is 3.71. The van der Waals surface area contributed by atoms with Gasteiger partial charge in [-0.25, -0.2) is 0 Å². The molecule has 0 rings (SSSR count). The lowest BCUT2D eigenvalue weighted by atomic mass is 11.2. The van der Waals surface area contributed by atoms with Gasteiger partial charge in [-0.3, -0.25) is 10.0 Å². The van der Waals surface area contributed by atoms with Gasteiger partial charge in [0.25, 0.3) is 0 Å². The molecule has 0 amide bonds. The Labute approximate surface area is 49.7 Å². The molecule has 0 N–H and O–H groups in total. The highest BCUT2D eigenvalue weighted by atomic mass is 15.6. The number of nitrogens with zero attached hydrogens (tertiary/aromatic N) is 4. The summed E-state index contributed by atoms with van der Waals surface area (Å²) in [4.78, 5) is 0. The van der Waals surface area contributed by atoms with Crippen LogP contribution < -0.4 is 0 Å². The molecule has 48 valence electrons. The fourth-order valence-corrected chi connectivity index (χ4v) is 0.160. The first-order chi connectivity index (χ1) is 3.63. The zero-order chi connectivity index (χ0) is 6.57. The molecule has 0 spiro atoms. The second kappa shape index (κ2) is 3.23. The van der Waals surface area contributed by atoms with Gasteiger partial charge in [0, 0.05) is 28.2 Å². The van der Waals surface area contributed by atoms with Crippen LogP contribution in [0.3, 0.4) is 0 Å². The topological polar surface area (TPSA) is 31.2 Å². The lowest BCUT2D eigenvalue weighted by Gasteiger charge is -2.04. The molecule has 8 heavy (non-hydrogen) atoms. The van der Waals surface area contributed by atoms with Crippen molar-refractivity contribution in [1.29, 1.82) is 0 Å². The monoisotopic (exact) mass is 116 g/mol. The van der Waals surface area contributed by atoms with E-state index in [1.54, 1.807) is 10.0 Å². The third kappa shape index (κ3) is 5.20. The fourth-order valence-electron chi connectivity index (χ4n) is 0.160. The molecule has 0 aromatic rings. The van der Waals surface area contributed by atoms with E-state index in [-0.39, 0.29) is 0 Å². The summed E-state index contributed by atoms with van der Waals surface area (Å²) in [6, 6.07) is 0. The summed E-state index contributed by atoms with van der Waals surface area (Å²) in [5.74, 6) is 0. The van der Waals surface area contributed by atoms with Crippen molar-refractivity contribution in [2.24, 2.45) is 10.4 Å². The maximum Gasteiger partial charge on any atom is 0.0262 e. The van der Waals surface area contributed by atoms with Crippen molar-refractivity contribution in [3.63, 3.8) is 0 Å². The highest BCUT2D eigenvalue weighted by molar-refractivity contribution is 4.19. The largest absolute Gasteiger partial charge is 0.283 e. The summed E-state index contributed by atoms with van der Waals surface area (Å²) in [6.07, 6.45) is 0. The van der Waals surface area contributed by atoms with Crippen LogP contribution >= 0.6 is 0 Å². The second-order valence-corrected chi connectivity index (χ2v) is 1.87. The van der Waals surface area contributed by atoms with E-state index in [9.17, 15) is 0 Å². The van der Waals surface area contributed by atoms with Gasteiger partial charge in [0.05, 0.1) is 0 Å². The third-order valence-electron chi connectivity index (χ3n) is 0.398. The first-order valence-electron chi connectivity index (χ1n) is 2.39. The molecule has 0 aliphatic rings. The molecular formula is C4H12N4. The van der Waals surface area contributed by atoms with Crippen molar-refractivity contribution in [2.75, 3.05) is 28.2 Å². The Morgan fingerprint density at radius 3 is 1.12 bits per heavy atom. The van der Waals surface area contributed by atoms with E-state index in [0.29, 0.717) is 0 Å². The van der Waals surface area contributed by atoms with E-state index in [0.717, 1.165) is 0 Å². The fraction of sp³-hybridized carbons (Fsp3) is 1.00. The van der Waals surface area contributed by atoms with Crippen molar-refractivity contribution in [1.82, 2.24) is 10.0 Å². The standard InChI is InChI=1S/C4H12N4/c1-7(2)5-6-8(3)4/h1-4H3/b6-5+. The predicted molar refractivity (Wildman–Crippen MR) is 32.2 cm³/mol. The van der Waals surface area contributed by atoms with E-state index in [1.807, 2.05) is 28.2 Å². The summed E-state index contributed by atoms with van der Waals surface area (Å²) in [5, 5.41) is 10.7. The summed E-state index contributed by atoms with van der Waals surface area (Å²) in [7, 11) is 7.31. The molecule has 0 aromatic carbocycles. The van der Waals surface area contributed by atoms with Gasteiger partial charge in [-0.05, 0) is 0 Å². The maximum absolute atomic E-state index is 3.71. The highest BCUT2D eigenvalue weighted by Gasteiger charge is 1.77. The molecule has 0 aromatic heterocycles. The van der Waals surface area contributed by atoms with Crippen molar-refractivity contribution < 1.29 is 0 Å². The first kappa shape index (κ1) is 7.20. The molecule has 0 radical (unpaired) electrons. The lowest BCUT2D eigenvalue weighted by Crippen LogP contribution is -2.05. The Morgan fingerprint density at radius 1 is 0.750 bits per heavy atom. The van der Waals surface area contributed by atoms with Gasteiger partial charge in [0.1, 0.15) is 0 Å². The molecule has 0 heterocycles. The van der Waals surface area contributed by atoms with Gasteiger partial charge in [-0.15, -0.1) is 0 Å². The van der Waals surface area contributed by atoms with Crippen LogP contribution in [0.2, 0.25) is 0 Å². The zero-order valence-electron chi connectivity index (χ0n) is 5.79. The van der Waals surface area contributed by atoms with Gasteiger partial charge in [-0.2, -0.15) is 0 Å². The molecule has 0 unspecified atom stereocenters. The molecule has 0 bridgehead atoms. The Balaban J connectivity index is 3.34. The van der Waals surface area contributed by atoms with E-state index in [4.69, 9.17) is 0 Å². The number of hydrogen-bond acceptors (Lipinski definition) is 2. The Morgan fingerprint density at radius 2 is 1.00 bits per heavy atom. The average Bonchev–Trinajstić information content (AvgIpc) is 1.61. The molecule has 0 saturated heterocycles. The molecular weight excluding hydrogens is 104 g/mol. The van der Waals surface area contributed by atoms with Crippen molar-refractivity contribution in [2.45, 2.75) is 0 Å². The van der Waals surface area contributed by atoms with E-state index < -0.39 is 0 Å². The molecule has 0 atom stereocenters. The molecule has 0 aliphatic carbocycles. The van der Waals surface area contributed by atoms with E-state index in [2.05, 4.69) is 10.4 Å². The van der Waals surface area contributed by atoms with Crippen LogP contribution in [-0.2, 0) is 0 Å². The van der Waals surface area contributed by atoms with E-state index in [1.165, 1.54) is 0 Å². The Bertz CT molecular complexity index is 66.1. The van der Waals surface area contributed by atoms with Crippen LogP contribution in [0.4, 0.5) is 0 Å². The van der Waals surface area contributed by atoms with Gasteiger partial charge in [0.15, 0.2) is 0 Å². The van der Waals surface area contributed by atoms with Gasteiger partial charge in [0.2, 0.25) is 0 Å². The predicted octanol–water partition coefficient (Wildman–Crippen LogP) is 0.392. The normalized spacial score (nSPS) is 10.0. The summed E-state index contributed by atoms with van der Waals surface area (Å²) in [6.45, 7) is 0. The number of rotatable bonds is 2. The van der Waals surface area contributed by atoms with Gasteiger partial charge < -0.3 is 0 Å². The van der Waals surface area contributed by atoms with Crippen LogP contribution in [0, 0.1) is 0 Å². The highest BCUT2D eigenvalue weighted by Crippen LogP contribution is 1.80. The zero-order valence-corrected chi connectivity index (χ0v) is 5.79. The lowest BCUT2D eigenvalue weighted by molar-refractivity contribution is 0.312. The minimum absolute atomic E-state index is 1.64. The molecule has 0 fully saturated rings. The van der Waals surface area contributed by atoms with Crippen LogP contribution in [-0.4, -0.2) is 38.2 Å². The quantitative estimate of drug-likeness (QED) is 0.386. The van der Waals surface area contributed by atoms with E-state index >= 15 is 0 Å². The molecule has 0 saturated carbocycles. The number of hydrogen-bond donors (Lipinski definition) is 0. The Hall–Kier alpha value is -0.800. The molecule has 4 nitrogen and oxygen atoms in total. The average molecular weight is 116 g/mol. The van der Waals surface area contributed by atoms with Crippen LogP contribution in [0.15, 0.2) is 10.4 Å². The molecule has 4 heteroatoms. The SMILES string of the molecule is CN(C)/N=N/N(C)C. The minimum atomic E-state index is 1.64. The van der Waals surface area contributed by atoms with Crippen molar-refractivity contribution in [3.8, 4) is 0 Å². The summed E-state index contributed by atoms with van der Waals surface area (Å²) < 4.78 is 0. The Kier molecular flexibility index (Phi) is 2.91. The second-order valence-electron chi connectivity index (χ2n) is 1.87. The summed E-state index contributed by atoms with van der Waals surface area (Å²) >= 11 is 0. The minimum Gasteiger partial charge on any atom is -0.283 e. The van der Waals surface area contributed by atoms with Gasteiger partial charge >= 0.3 is 0 Å². The van der Waals surface area contributed by atoms with Crippen molar-refractivity contribution >= 4 is 0 Å². The van der Waals surface area contributed by atoms with Crippen LogP contribution in [0.25, 0.3) is 0 Å². The first-order valence-corrected chi connectivity index (χ1v) is 2.39. The van der Waals surface area contributed by atoms with Crippen LogP contribution in [0.5, 0.6) is 0 Å². The summed E-state index contributed by atoms with van der Waals surface area (Å²) in [5.41, 5.74) is 0.